The van der Waals surface area contributed by atoms with E-state index in [1.54, 1.807) is 41.5 Å². The molecule has 0 bridgehead atoms. The fraction of sp³-hybridized carbons (Fsp3) is 0.867. The number of nitrogens with zero attached hydrogens (tertiary/aromatic N) is 1. The van der Waals surface area contributed by atoms with E-state index in [-0.39, 0.29) is 12.3 Å². The molecule has 0 aromatic carbocycles. The van der Waals surface area contributed by atoms with Crippen molar-refractivity contribution in [3.05, 3.63) is 0 Å². The molecule has 10 heteroatoms. The SMILES string of the molecule is CC[C@H](O)C[C@H](C(=O)NN(NS(C)(=O)=O)C(=O)OC(C)(C)C)C(C)C. The third-order valence-electron chi connectivity index (χ3n) is 3.19. The first-order valence-corrected chi connectivity index (χ1v) is 10.0. The van der Waals surface area contributed by atoms with E-state index in [4.69, 9.17) is 4.74 Å². The van der Waals surface area contributed by atoms with E-state index in [0.717, 1.165) is 6.26 Å². The highest BCUT2D eigenvalue weighted by atomic mass is 32.2. The lowest BCUT2D eigenvalue weighted by Crippen LogP contribution is -2.58. The van der Waals surface area contributed by atoms with Crippen LogP contribution in [0.5, 0.6) is 0 Å². The van der Waals surface area contributed by atoms with Gasteiger partial charge in [0.1, 0.15) is 5.60 Å². The van der Waals surface area contributed by atoms with Crippen molar-refractivity contribution in [3.63, 3.8) is 0 Å². The Morgan fingerprint density at radius 1 is 1.24 bits per heavy atom. The first-order valence-electron chi connectivity index (χ1n) is 8.15. The third kappa shape index (κ3) is 10.3. The van der Waals surface area contributed by atoms with Crippen LogP contribution >= 0.6 is 0 Å². The maximum atomic E-state index is 12.5. The van der Waals surface area contributed by atoms with Crippen LogP contribution in [0, 0.1) is 11.8 Å². The largest absolute Gasteiger partial charge is 0.445 e. The molecule has 0 radical (unpaired) electrons. The van der Waals surface area contributed by atoms with Crippen molar-refractivity contribution in [1.29, 1.82) is 0 Å². The smallest absolute Gasteiger partial charge is 0.441 e. The van der Waals surface area contributed by atoms with Crippen LogP contribution < -0.4 is 10.3 Å². The molecule has 0 rings (SSSR count). The lowest BCUT2D eigenvalue weighted by atomic mass is 9.89. The molecular weight excluding hydrogens is 350 g/mol. The second-order valence-electron chi connectivity index (χ2n) is 7.30. The zero-order chi connectivity index (χ0) is 20.0. The van der Waals surface area contributed by atoms with Gasteiger partial charge in [0.15, 0.2) is 0 Å². The first kappa shape index (κ1) is 23.6. The molecule has 0 heterocycles. The van der Waals surface area contributed by atoms with Gasteiger partial charge < -0.3 is 9.84 Å². The van der Waals surface area contributed by atoms with Gasteiger partial charge in [-0.25, -0.2) is 18.6 Å². The van der Waals surface area contributed by atoms with Crippen LogP contribution in [0.3, 0.4) is 0 Å². The third-order valence-corrected chi connectivity index (χ3v) is 3.71. The maximum Gasteiger partial charge on any atom is 0.445 e. The number of amides is 2. The number of sulfonamides is 1. The Balaban J connectivity index is 5.32. The van der Waals surface area contributed by atoms with E-state index >= 15 is 0 Å². The predicted octanol–water partition coefficient (Wildman–Crippen LogP) is 1.15. The Morgan fingerprint density at radius 3 is 2.12 bits per heavy atom. The fourth-order valence-electron chi connectivity index (χ4n) is 1.91. The fourth-order valence-corrected chi connectivity index (χ4v) is 2.37. The molecule has 0 aliphatic heterocycles. The number of aliphatic hydroxyl groups excluding tert-OH is 1. The maximum absolute atomic E-state index is 12.5. The van der Waals surface area contributed by atoms with E-state index in [1.165, 1.54) is 0 Å². The minimum absolute atomic E-state index is 0.125. The minimum atomic E-state index is -3.83. The quantitative estimate of drug-likeness (QED) is 0.568. The molecule has 0 aliphatic carbocycles. The molecule has 3 N–H and O–H groups in total. The highest BCUT2D eigenvalue weighted by molar-refractivity contribution is 7.88. The standard InChI is InChI=1S/C15H31N3O6S/c1-8-11(19)9-12(10(2)3)13(20)16-18(17-25(7,22)23)14(21)24-15(4,5)6/h10-12,17,19H,8-9H2,1-7H3,(H,16,20)/t11-,12-/m0/s1. The Labute approximate surface area is 150 Å². The van der Waals surface area contributed by atoms with Crippen molar-refractivity contribution in [2.24, 2.45) is 11.8 Å². The van der Waals surface area contributed by atoms with Crippen molar-refractivity contribution < 1.29 is 27.9 Å². The van der Waals surface area contributed by atoms with E-state index in [9.17, 15) is 23.1 Å². The van der Waals surface area contributed by atoms with Crippen LogP contribution in [0.15, 0.2) is 0 Å². The number of aliphatic hydroxyl groups is 1. The van der Waals surface area contributed by atoms with Crippen LogP contribution in [0.2, 0.25) is 0 Å². The monoisotopic (exact) mass is 381 g/mol. The van der Waals surface area contributed by atoms with Gasteiger partial charge in [0.25, 0.3) is 0 Å². The molecule has 0 aliphatic rings. The lowest BCUT2D eigenvalue weighted by molar-refractivity contribution is -0.133. The highest BCUT2D eigenvalue weighted by Gasteiger charge is 2.31. The van der Waals surface area contributed by atoms with Gasteiger partial charge in [0.2, 0.25) is 15.9 Å². The molecule has 9 nitrogen and oxygen atoms in total. The number of hydrogen-bond donors (Lipinski definition) is 3. The topological polar surface area (TPSA) is 125 Å². The van der Waals surface area contributed by atoms with E-state index in [1.807, 2.05) is 4.83 Å². The van der Waals surface area contributed by atoms with Gasteiger partial charge in [-0.3, -0.25) is 4.79 Å². The van der Waals surface area contributed by atoms with Crippen molar-refractivity contribution in [3.8, 4) is 0 Å². The minimum Gasteiger partial charge on any atom is -0.441 e. The summed E-state index contributed by atoms with van der Waals surface area (Å²) in [6, 6.07) is 0. The zero-order valence-corrected chi connectivity index (χ0v) is 16.8. The Hall–Kier alpha value is -1.39. The molecule has 2 atom stereocenters. The first-order chi connectivity index (χ1) is 11.2. The molecule has 2 amide bonds. The highest BCUT2D eigenvalue weighted by Crippen LogP contribution is 2.19. The molecule has 0 aromatic heterocycles. The number of carbonyl (C=O) groups excluding carboxylic acids is 2. The normalized spacial score (nSPS) is 14.8. The number of hydrazine groups is 2. The van der Waals surface area contributed by atoms with Gasteiger partial charge in [-0.2, -0.15) is 0 Å². The number of rotatable bonds is 7. The average molecular weight is 381 g/mol. The molecule has 25 heavy (non-hydrogen) atoms. The van der Waals surface area contributed by atoms with Crippen LogP contribution in [-0.2, 0) is 19.6 Å². The van der Waals surface area contributed by atoms with Crippen molar-refractivity contribution in [2.45, 2.75) is 66.1 Å². The molecule has 0 saturated heterocycles. The molecule has 0 unspecified atom stereocenters. The molecule has 0 spiro atoms. The number of hydrogen-bond acceptors (Lipinski definition) is 6. The lowest BCUT2D eigenvalue weighted by Gasteiger charge is -2.29. The van der Waals surface area contributed by atoms with Crippen LogP contribution in [0.4, 0.5) is 4.79 Å². The van der Waals surface area contributed by atoms with Crippen molar-refractivity contribution >= 4 is 22.0 Å². The summed E-state index contributed by atoms with van der Waals surface area (Å²) in [6.45, 7) is 10.2. The van der Waals surface area contributed by atoms with Gasteiger partial charge in [0, 0.05) is 5.92 Å². The van der Waals surface area contributed by atoms with Crippen LogP contribution in [-0.4, -0.2) is 48.6 Å². The van der Waals surface area contributed by atoms with Crippen molar-refractivity contribution in [2.75, 3.05) is 6.26 Å². The summed E-state index contributed by atoms with van der Waals surface area (Å²) >= 11 is 0. The summed E-state index contributed by atoms with van der Waals surface area (Å²) < 4.78 is 28.0. The Morgan fingerprint density at radius 2 is 1.76 bits per heavy atom. The molecule has 0 aromatic rings. The summed E-state index contributed by atoms with van der Waals surface area (Å²) in [5, 5.41) is 10.2. The molecular formula is C15H31N3O6S. The Bertz CT molecular complexity index is 556. The second kappa shape index (κ2) is 9.35. The van der Waals surface area contributed by atoms with E-state index < -0.39 is 39.6 Å². The second-order valence-corrected chi connectivity index (χ2v) is 9.03. The summed E-state index contributed by atoms with van der Waals surface area (Å²) in [5.41, 5.74) is 1.35. The summed E-state index contributed by atoms with van der Waals surface area (Å²) in [6.07, 6.45) is -0.215. The van der Waals surface area contributed by atoms with Crippen molar-refractivity contribution in [1.82, 2.24) is 15.4 Å². The van der Waals surface area contributed by atoms with Gasteiger partial charge in [-0.1, -0.05) is 20.8 Å². The van der Waals surface area contributed by atoms with Gasteiger partial charge in [-0.15, -0.1) is 9.95 Å². The van der Waals surface area contributed by atoms with Crippen LogP contribution in [0.25, 0.3) is 0 Å². The van der Waals surface area contributed by atoms with Gasteiger partial charge in [-0.05, 0) is 39.5 Å². The Kier molecular flexibility index (Phi) is 8.83. The molecule has 148 valence electrons. The molecule has 0 saturated carbocycles. The average Bonchev–Trinajstić information content (AvgIpc) is 2.39. The summed E-state index contributed by atoms with van der Waals surface area (Å²) in [4.78, 5) is 26.6. The van der Waals surface area contributed by atoms with Gasteiger partial charge in [0.05, 0.1) is 12.4 Å². The zero-order valence-electron chi connectivity index (χ0n) is 16.0. The number of ether oxygens (including phenoxy) is 1. The summed E-state index contributed by atoms with van der Waals surface area (Å²) in [5.74, 6) is -1.33. The van der Waals surface area contributed by atoms with E-state index in [0.29, 0.717) is 11.5 Å². The predicted molar refractivity (Wildman–Crippen MR) is 93.4 cm³/mol. The van der Waals surface area contributed by atoms with Gasteiger partial charge >= 0.3 is 6.09 Å². The van der Waals surface area contributed by atoms with Crippen LogP contribution in [0.1, 0.15) is 54.4 Å². The number of nitrogens with one attached hydrogen (secondary N) is 2. The number of carbonyl (C=O) groups is 2. The summed E-state index contributed by atoms with van der Waals surface area (Å²) in [7, 11) is -3.83. The molecule has 0 fully saturated rings. The van der Waals surface area contributed by atoms with E-state index in [2.05, 4.69) is 5.43 Å².